The molecule has 2 N–H and O–H groups in total. The molecule has 0 atom stereocenters. The SMILES string of the molecule is NC(=O)ON=NC=O. The first kappa shape index (κ1) is 6.54. The Bertz CT molecular complexity index is 120. The van der Waals surface area contributed by atoms with Gasteiger partial charge in [0.15, 0.2) is 0 Å². The zero-order chi connectivity index (χ0) is 6.41. The highest BCUT2D eigenvalue weighted by Gasteiger charge is 1.85. The van der Waals surface area contributed by atoms with Crippen LogP contribution < -0.4 is 5.73 Å². The van der Waals surface area contributed by atoms with Gasteiger partial charge >= 0.3 is 6.09 Å². The Morgan fingerprint density at radius 2 is 2.38 bits per heavy atom. The van der Waals surface area contributed by atoms with Crippen molar-refractivity contribution in [3.63, 3.8) is 0 Å². The van der Waals surface area contributed by atoms with Crippen molar-refractivity contribution in [1.29, 1.82) is 0 Å². The summed E-state index contributed by atoms with van der Waals surface area (Å²) in [7, 11) is 0. The van der Waals surface area contributed by atoms with Gasteiger partial charge < -0.3 is 5.73 Å². The number of nitrogens with two attached hydrogens (primary N) is 1. The summed E-state index contributed by atoms with van der Waals surface area (Å²) in [6.45, 7) is 0. The second-order valence-electron chi connectivity index (χ2n) is 0.713. The zero-order valence-corrected chi connectivity index (χ0v) is 3.77. The molecule has 0 spiro atoms. The Hall–Kier alpha value is -1.46. The molecule has 0 fully saturated rings. The first-order valence-corrected chi connectivity index (χ1v) is 1.57. The Morgan fingerprint density at radius 1 is 1.75 bits per heavy atom. The Labute approximate surface area is 44.3 Å². The van der Waals surface area contributed by atoms with Gasteiger partial charge in [-0.25, -0.2) is 4.79 Å². The van der Waals surface area contributed by atoms with Crippen LogP contribution in [0.2, 0.25) is 0 Å². The van der Waals surface area contributed by atoms with Crippen LogP contribution in [0.1, 0.15) is 0 Å². The average Bonchev–Trinajstić information content (AvgIpc) is 1.66. The van der Waals surface area contributed by atoms with Crippen LogP contribution in [0.3, 0.4) is 0 Å². The fourth-order valence-electron chi connectivity index (χ4n) is 0.0831. The van der Waals surface area contributed by atoms with Crippen molar-refractivity contribution in [2.75, 3.05) is 0 Å². The highest BCUT2D eigenvalue weighted by atomic mass is 16.7. The van der Waals surface area contributed by atoms with E-state index in [-0.39, 0.29) is 6.41 Å². The van der Waals surface area contributed by atoms with E-state index < -0.39 is 6.09 Å². The molecular weight excluding hydrogens is 114 g/mol. The normalized spacial score (nSPS) is 9.00. The van der Waals surface area contributed by atoms with E-state index in [0.717, 1.165) is 0 Å². The lowest BCUT2D eigenvalue weighted by molar-refractivity contribution is -0.107. The van der Waals surface area contributed by atoms with Gasteiger partial charge in [-0.2, -0.15) is 0 Å². The number of carbonyl (C=O) groups is 2. The number of primary amides is 1. The molecule has 0 aliphatic heterocycles. The van der Waals surface area contributed by atoms with E-state index in [1.165, 1.54) is 0 Å². The molecule has 0 aliphatic carbocycles. The van der Waals surface area contributed by atoms with Gasteiger partial charge in [0, 0.05) is 5.28 Å². The van der Waals surface area contributed by atoms with Crippen molar-refractivity contribution >= 4 is 12.5 Å². The van der Waals surface area contributed by atoms with E-state index >= 15 is 0 Å². The largest absolute Gasteiger partial charge is 0.432 e. The van der Waals surface area contributed by atoms with Gasteiger partial charge in [-0.1, -0.05) is 5.11 Å². The Balaban J connectivity index is 3.29. The van der Waals surface area contributed by atoms with Crippen LogP contribution in [-0.2, 0) is 9.63 Å². The molecule has 0 aliphatic rings. The van der Waals surface area contributed by atoms with Gasteiger partial charge in [-0.05, 0) is 0 Å². The summed E-state index contributed by atoms with van der Waals surface area (Å²) in [5.74, 6) is 0. The Morgan fingerprint density at radius 3 is 2.75 bits per heavy atom. The second kappa shape index (κ2) is 3.72. The van der Waals surface area contributed by atoms with Crippen molar-refractivity contribution in [2.24, 2.45) is 16.1 Å². The predicted molar refractivity (Wildman–Crippen MR) is 21.6 cm³/mol. The first-order chi connectivity index (χ1) is 3.77. The number of nitrogens with zero attached hydrogens (tertiary/aromatic N) is 2. The minimum Gasteiger partial charge on any atom is -0.333 e. The maximum atomic E-state index is 9.60. The van der Waals surface area contributed by atoms with Crippen LogP contribution in [0, 0.1) is 0 Å². The maximum absolute atomic E-state index is 9.60. The number of hydrogen-bond donors (Lipinski definition) is 1. The smallest absolute Gasteiger partial charge is 0.333 e. The van der Waals surface area contributed by atoms with Crippen molar-refractivity contribution in [3.05, 3.63) is 0 Å². The van der Waals surface area contributed by atoms with Gasteiger partial charge in [0.1, 0.15) is 0 Å². The molecule has 0 bridgehead atoms. The summed E-state index contributed by atoms with van der Waals surface area (Å²) >= 11 is 0. The topological polar surface area (TPSA) is 94.1 Å². The third-order valence-electron chi connectivity index (χ3n) is 0.225. The van der Waals surface area contributed by atoms with Crippen molar-refractivity contribution < 1.29 is 14.4 Å². The third kappa shape index (κ3) is 4.54. The highest BCUT2D eigenvalue weighted by molar-refractivity contribution is 5.64. The third-order valence-corrected chi connectivity index (χ3v) is 0.225. The molecule has 8 heavy (non-hydrogen) atoms. The van der Waals surface area contributed by atoms with Gasteiger partial charge in [0.25, 0.3) is 6.41 Å². The molecule has 0 aromatic carbocycles. The monoisotopic (exact) mass is 117 g/mol. The van der Waals surface area contributed by atoms with E-state index in [0.29, 0.717) is 0 Å². The number of amides is 2. The molecule has 0 radical (unpaired) electrons. The molecule has 0 unspecified atom stereocenters. The lowest BCUT2D eigenvalue weighted by Crippen LogP contribution is -2.08. The van der Waals surface area contributed by atoms with Crippen LogP contribution in [0.15, 0.2) is 10.4 Å². The molecule has 0 saturated carbocycles. The molecular formula is C2H3N3O3. The zero-order valence-electron chi connectivity index (χ0n) is 3.77. The molecule has 44 valence electrons. The molecule has 6 heteroatoms. The second-order valence-corrected chi connectivity index (χ2v) is 0.713. The fraction of sp³-hybridized carbons (Fsp3) is 0. The van der Waals surface area contributed by atoms with Crippen LogP contribution in [0.25, 0.3) is 0 Å². The number of rotatable bonds is 2. The maximum Gasteiger partial charge on any atom is 0.432 e. The summed E-state index contributed by atoms with van der Waals surface area (Å²) in [6, 6.07) is 0. The Kier molecular flexibility index (Phi) is 3.04. The number of carbonyl (C=O) groups excluding carboxylic acids is 2. The van der Waals surface area contributed by atoms with Crippen LogP contribution in [0.4, 0.5) is 4.79 Å². The summed E-state index contributed by atoms with van der Waals surface area (Å²) in [5.41, 5.74) is 4.40. The van der Waals surface area contributed by atoms with E-state index in [1.807, 2.05) is 0 Å². The predicted octanol–water partition coefficient (Wildman–Crippen LogP) is -0.395. The van der Waals surface area contributed by atoms with E-state index in [9.17, 15) is 9.59 Å². The highest BCUT2D eigenvalue weighted by Crippen LogP contribution is 1.73. The van der Waals surface area contributed by atoms with Crippen LogP contribution in [0.5, 0.6) is 0 Å². The summed E-state index contributed by atoms with van der Waals surface area (Å²) in [4.78, 5) is 22.5. The van der Waals surface area contributed by atoms with Crippen molar-refractivity contribution in [1.82, 2.24) is 0 Å². The average molecular weight is 117 g/mol. The van der Waals surface area contributed by atoms with E-state index in [2.05, 4.69) is 21.0 Å². The molecule has 2 amide bonds. The lowest BCUT2D eigenvalue weighted by Gasteiger charge is -1.80. The molecule has 0 aromatic heterocycles. The molecule has 0 aromatic rings. The van der Waals surface area contributed by atoms with Gasteiger partial charge in [0.05, 0.1) is 0 Å². The molecule has 0 rings (SSSR count). The van der Waals surface area contributed by atoms with Gasteiger partial charge in [0.2, 0.25) is 0 Å². The molecule has 0 heterocycles. The summed E-state index contributed by atoms with van der Waals surface area (Å²) in [6.07, 6.45) is -0.987. The summed E-state index contributed by atoms with van der Waals surface area (Å²) in [5, 5.41) is 5.21. The minimum absolute atomic E-state index is 0.114. The van der Waals surface area contributed by atoms with Gasteiger partial charge in [-0.3, -0.25) is 9.63 Å². The summed E-state index contributed by atoms with van der Waals surface area (Å²) < 4.78 is 0. The van der Waals surface area contributed by atoms with Crippen molar-refractivity contribution in [3.8, 4) is 0 Å². The lowest BCUT2D eigenvalue weighted by atomic mass is 11.3. The molecule has 6 nitrogen and oxygen atoms in total. The molecule has 0 saturated heterocycles. The minimum atomic E-state index is -1.10. The van der Waals surface area contributed by atoms with Crippen molar-refractivity contribution in [2.45, 2.75) is 0 Å². The van der Waals surface area contributed by atoms with E-state index in [4.69, 9.17) is 0 Å². The number of hydrogen-bond acceptors (Lipinski definition) is 4. The van der Waals surface area contributed by atoms with Gasteiger partial charge in [-0.15, -0.1) is 0 Å². The van der Waals surface area contributed by atoms with Crippen LogP contribution >= 0.6 is 0 Å². The fourth-order valence-corrected chi connectivity index (χ4v) is 0.0831. The van der Waals surface area contributed by atoms with E-state index in [1.54, 1.807) is 0 Å². The quantitative estimate of drug-likeness (QED) is 0.303. The first-order valence-electron chi connectivity index (χ1n) is 1.57. The van der Waals surface area contributed by atoms with Crippen LogP contribution in [-0.4, -0.2) is 12.5 Å². The standard InChI is InChI=1S/C2H3N3O3/c3-2(7)8-5-4-1-6/h1H,(H2,3,7).